The Morgan fingerprint density at radius 2 is 2.25 bits per heavy atom. The molecule has 16 heavy (non-hydrogen) atoms. The number of benzene rings is 1. The van der Waals surface area contributed by atoms with Gasteiger partial charge in [-0.15, -0.1) is 0 Å². The minimum absolute atomic E-state index is 0.468. The summed E-state index contributed by atoms with van der Waals surface area (Å²) in [7, 11) is 0. The second kappa shape index (κ2) is 3.51. The maximum atomic E-state index is 11.2. The van der Waals surface area contributed by atoms with Crippen molar-refractivity contribution in [2.24, 2.45) is 5.92 Å². The molecule has 1 aliphatic carbocycles. The van der Waals surface area contributed by atoms with Crippen molar-refractivity contribution in [2.45, 2.75) is 19.3 Å². The van der Waals surface area contributed by atoms with Crippen LogP contribution in [-0.2, 0) is 6.42 Å². The van der Waals surface area contributed by atoms with Crippen LogP contribution >= 0.6 is 0 Å². The van der Waals surface area contributed by atoms with Crippen molar-refractivity contribution >= 4 is 11.7 Å². The molecule has 0 spiro atoms. The lowest BCUT2D eigenvalue weighted by Gasteiger charge is -2.20. The zero-order chi connectivity index (χ0) is 11.1. The van der Waals surface area contributed by atoms with Crippen LogP contribution in [0.4, 0.5) is 5.69 Å². The van der Waals surface area contributed by atoms with Crippen LogP contribution in [0.5, 0.6) is 0 Å². The van der Waals surface area contributed by atoms with Crippen molar-refractivity contribution in [2.75, 3.05) is 18.0 Å². The third-order valence-corrected chi connectivity index (χ3v) is 3.49. The van der Waals surface area contributed by atoms with E-state index in [0.717, 1.165) is 31.1 Å². The molecule has 3 nitrogen and oxygen atoms in total. The van der Waals surface area contributed by atoms with Crippen LogP contribution < -0.4 is 4.90 Å². The van der Waals surface area contributed by atoms with Crippen molar-refractivity contribution in [3.05, 3.63) is 29.3 Å². The Morgan fingerprint density at radius 1 is 1.44 bits per heavy atom. The molecule has 0 bridgehead atoms. The Bertz CT molecular complexity index is 438. The highest BCUT2D eigenvalue weighted by Crippen LogP contribution is 2.37. The highest BCUT2D eigenvalue weighted by atomic mass is 16.4. The van der Waals surface area contributed by atoms with Crippen LogP contribution in [0.15, 0.2) is 18.2 Å². The molecule has 0 atom stereocenters. The van der Waals surface area contributed by atoms with Gasteiger partial charge in [0.25, 0.3) is 0 Å². The smallest absolute Gasteiger partial charge is 0.337 e. The van der Waals surface area contributed by atoms with Crippen LogP contribution in [0.2, 0.25) is 0 Å². The van der Waals surface area contributed by atoms with Gasteiger partial charge in [-0.05, 0) is 36.8 Å². The SMILES string of the molecule is O=C(O)c1cccc2c1N(CC1CC1)CC2. The monoisotopic (exact) mass is 217 g/mol. The quantitative estimate of drug-likeness (QED) is 0.843. The molecule has 84 valence electrons. The molecule has 0 aromatic heterocycles. The van der Waals surface area contributed by atoms with Gasteiger partial charge in [0.1, 0.15) is 0 Å². The first-order chi connectivity index (χ1) is 7.75. The summed E-state index contributed by atoms with van der Waals surface area (Å²) in [6.45, 7) is 2.02. The fourth-order valence-electron chi connectivity index (χ4n) is 2.50. The summed E-state index contributed by atoms with van der Waals surface area (Å²) in [5.74, 6) is -0.00709. The Hall–Kier alpha value is -1.51. The summed E-state index contributed by atoms with van der Waals surface area (Å²) in [4.78, 5) is 13.4. The molecule has 2 aliphatic rings. The summed E-state index contributed by atoms with van der Waals surface area (Å²) in [5, 5.41) is 9.19. The third-order valence-electron chi connectivity index (χ3n) is 3.49. The van der Waals surface area contributed by atoms with E-state index >= 15 is 0 Å². The number of fused-ring (bicyclic) bond motifs is 1. The molecule has 1 aliphatic heterocycles. The number of rotatable bonds is 3. The Balaban J connectivity index is 1.97. The number of hydrogen-bond acceptors (Lipinski definition) is 2. The molecule has 0 saturated heterocycles. The summed E-state index contributed by atoms with van der Waals surface area (Å²) in [6, 6.07) is 5.62. The van der Waals surface area contributed by atoms with E-state index in [9.17, 15) is 9.90 Å². The van der Waals surface area contributed by atoms with E-state index in [4.69, 9.17) is 0 Å². The maximum absolute atomic E-state index is 11.2. The molecule has 3 heteroatoms. The molecule has 1 fully saturated rings. The van der Waals surface area contributed by atoms with E-state index in [1.807, 2.05) is 6.07 Å². The molecule has 1 N–H and O–H groups in total. The van der Waals surface area contributed by atoms with Crippen LogP contribution in [-0.4, -0.2) is 24.2 Å². The first kappa shape index (κ1) is 9.70. The van der Waals surface area contributed by atoms with E-state index in [1.54, 1.807) is 6.07 Å². The van der Waals surface area contributed by atoms with Crippen LogP contribution in [0, 0.1) is 5.92 Å². The zero-order valence-corrected chi connectivity index (χ0v) is 9.15. The van der Waals surface area contributed by atoms with Gasteiger partial charge in [0.05, 0.1) is 11.3 Å². The van der Waals surface area contributed by atoms with Crippen LogP contribution in [0.25, 0.3) is 0 Å². The summed E-state index contributed by atoms with van der Waals surface area (Å²) in [5.41, 5.74) is 2.64. The second-order valence-electron chi connectivity index (χ2n) is 4.76. The van der Waals surface area contributed by atoms with Crippen LogP contribution in [0.1, 0.15) is 28.8 Å². The van der Waals surface area contributed by atoms with Crippen molar-refractivity contribution < 1.29 is 9.90 Å². The van der Waals surface area contributed by atoms with Gasteiger partial charge in [-0.3, -0.25) is 0 Å². The molecule has 3 rings (SSSR count). The molecular weight excluding hydrogens is 202 g/mol. The van der Waals surface area contributed by atoms with Gasteiger partial charge in [0.2, 0.25) is 0 Å². The van der Waals surface area contributed by atoms with E-state index in [1.165, 1.54) is 18.4 Å². The Morgan fingerprint density at radius 3 is 2.94 bits per heavy atom. The van der Waals surface area contributed by atoms with Crippen molar-refractivity contribution in [1.82, 2.24) is 0 Å². The molecule has 1 saturated carbocycles. The average molecular weight is 217 g/mol. The fraction of sp³-hybridized carbons (Fsp3) is 0.462. The van der Waals surface area contributed by atoms with Gasteiger partial charge in [0, 0.05) is 13.1 Å². The number of aromatic carboxylic acids is 1. The number of hydrogen-bond donors (Lipinski definition) is 1. The van der Waals surface area contributed by atoms with Gasteiger partial charge in [-0.25, -0.2) is 4.79 Å². The molecule has 0 radical (unpaired) electrons. The molecule has 0 unspecified atom stereocenters. The van der Waals surface area contributed by atoms with Crippen molar-refractivity contribution in [1.29, 1.82) is 0 Å². The molecule has 1 aromatic carbocycles. The van der Waals surface area contributed by atoms with Crippen molar-refractivity contribution in [3.63, 3.8) is 0 Å². The predicted octanol–water partition coefficient (Wildman–Crippen LogP) is 2.16. The maximum Gasteiger partial charge on any atom is 0.337 e. The lowest BCUT2D eigenvalue weighted by molar-refractivity contribution is 0.0697. The zero-order valence-electron chi connectivity index (χ0n) is 9.15. The van der Waals surface area contributed by atoms with E-state index < -0.39 is 5.97 Å². The van der Waals surface area contributed by atoms with E-state index in [-0.39, 0.29) is 0 Å². The molecular formula is C13H15NO2. The topological polar surface area (TPSA) is 40.5 Å². The first-order valence-electron chi connectivity index (χ1n) is 5.86. The lowest BCUT2D eigenvalue weighted by Crippen LogP contribution is -2.24. The number of carboxylic acids is 1. The molecule has 0 amide bonds. The number of nitrogens with zero attached hydrogens (tertiary/aromatic N) is 1. The van der Waals surface area contributed by atoms with Gasteiger partial charge in [0.15, 0.2) is 0 Å². The summed E-state index contributed by atoms with van der Waals surface area (Å²) >= 11 is 0. The minimum atomic E-state index is -0.806. The molecule has 1 aromatic rings. The normalized spacial score (nSPS) is 18.6. The summed E-state index contributed by atoms with van der Waals surface area (Å²) in [6.07, 6.45) is 3.60. The van der Waals surface area contributed by atoms with Gasteiger partial charge >= 0.3 is 5.97 Å². The number of anilines is 1. The van der Waals surface area contributed by atoms with Crippen molar-refractivity contribution in [3.8, 4) is 0 Å². The fourth-order valence-corrected chi connectivity index (χ4v) is 2.50. The summed E-state index contributed by atoms with van der Waals surface area (Å²) < 4.78 is 0. The number of carbonyl (C=O) groups is 1. The number of para-hydroxylation sites is 1. The van der Waals surface area contributed by atoms with E-state index in [2.05, 4.69) is 11.0 Å². The van der Waals surface area contributed by atoms with E-state index in [0.29, 0.717) is 5.56 Å². The second-order valence-corrected chi connectivity index (χ2v) is 4.76. The largest absolute Gasteiger partial charge is 0.478 e. The number of carboxylic acid groups (broad SMARTS) is 1. The third kappa shape index (κ3) is 1.56. The highest BCUT2D eigenvalue weighted by molar-refractivity contribution is 5.96. The van der Waals surface area contributed by atoms with Gasteiger partial charge in [-0.1, -0.05) is 12.1 Å². The van der Waals surface area contributed by atoms with Gasteiger partial charge in [-0.2, -0.15) is 0 Å². The lowest BCUT2D eigenvalue weighted by atomic mass is 10.1. The Labute approximate surface area is 94.7 Å². The Kier molecular flexibility index (Phi) is 2.13. The predicted molar refractivity (Wildman–Crippen MR) is 62.0 cm³/mol. The molecule has 1 heterocycles. The van der Waals surface area contributed by atoms with Crippen LogP contribution in [0.3, 0.4) is 0 Å². The average Bonchev–Trinajstić information content (AvgIpc) is 2.98. The minimum Gasteiger partial charge on any atom is -0.478 e. The first-order valence-corrected chi connectivity index (χ1v) is 5.86. The van der Waals surface area contributed by atoms with Gasteiger partial charge < -0.3 is 10.0 Å². The standard InChI is InChI=1S/C13H15NO2/c15-13(16)11-3-1-2-10-6-7-14(12(10)11)8-9-4-5-9/h1-3,9H,4-8H2,(H,15,16). The highest BCUT2D eigenvalue weighted by Gasteiger charge is 2.30.